The van der Waals surface area contributed by atoms with Crippen LogP contribution in [-0.2, 0) is 11.3 Å². The fourth-order valence-corrected chi connectivity index (χ4v) is 1.65. The quantitative estimate of drug-likeness (QED) is 0.737. The zero-order valence-electron chi connectivity index (χ0n) is 9.39. The van der Waals surface area contributed by atoms with Crippen molar-refractivity contribution in [2.45, 2.75) is 25.8 Å². The molecule has 88 valence electrons. The molecule has 0 aliphatic heterocycles. The Morgan fingerprint density at radius 3 is 2.94 bits per heavy atom. The summed E-state index contributed by atoms with van der Waals surface area (Å²) < 4.78 is 7.07. The molecule has 0 saturated heterocycles. The van der Waals surface area contributed by atoms with E-state index in [1.807, 2.05) is 0 Å². The molecule has 0 unspecified atom stereocenters. The lowest BCUT2D eigenvalue weighted by atomic mass is 10.3. The normalized spacial score (nSPS) is 15.2. The third-order valence-electron chi connectivity index (χ3n) is 2.85. The van der Waals surface area contributed by atoms with Crippen molar-refractivity contribution >= 4 is 5.69 Å². The first kappa shape index (κ1) is 11.2. The number of hydrogen-bond acceptors (Lipinski definition) is 3. The molecule has 1 fully saturated rings. The van der Waals surface area contributed by atoms with E-state index < -0.39 is 0 Å². The molecule has 4 heteroatoms. The van der Waals surface area contributed by atoms with E-state index >= 15 is 0 Å². The molecule has 1 heterocycles. The van der Waals surface area contributed by atoms with Crippen LogP contribution < -0.4 is 11.3 Å². The molecule has 0 aromatic carbocycles. The highest BCUT2D eigenvalue weighted by Gasteiger charge is 2.20. The lowest BCUT2D eigenvalue weighted by molar-refractivity contribution is 0.120. The Kier molecular flexibility index (Phi) is 3.62. The van der Waals surface area contributed by atoms with Gasteiger partial charge in [0.05, 0.1) is 6.61 Å². The van der Waals surface area contributed by atoms with Crippen LogP contribution in [-0.4, -0.2) is 17.8 Å². The number of rotatable bonds is 6. The minimum atomic E-state index is -0.0278. The van der Waals surface area contributed by atoms with Gasteiger partial charge in [0.1, 0.15) is 0 Å². The Balaban J connectivity index is 1.71. The van der Waals surface area contributed by atoms with Crippen molar-refractivity contribution in [3.63, 3.8) is 0 Å². The fraction of sp³-hybridized carbons (Fsp3) is 0.583. The maximum atomic E-state index is 11.4. The zero-order valence-corrected chi connectivity index (χ0v) is 9.39. The molecule has 0 amide bonds. The summed E-state index contributed by atoms with van der Waals surface area (Å²) in [6.45, 7) is 1.96. The number of nitrogens with two attached hydrogens (primary N) is 1. The van der Waals surface area contributed by atoms with Crippen LogP contribution in [0, 0.1) is 5.92 Å². The van der Waals surface area contributed by atoms with Gasteiger partial charge in [-0.3, -0.25) is 4.79 Å². The van der Waals surface area contributed by atoms with Gasteiger partial charge >= 0.3 is 0 Å². The zero-order chi connectivity index (χ0) is 11.4. The van der Waals surface area contributed by atoms with Crippen LogP contribution in [0.15, 0.2) is 23.1 Å². The second-order valence-corrected chi connectivity index (χ2v) is 4.34. The van der Waals surface area contributed by atoms with Gasteiger partial charge in [-0.2, -0.15) is 0 Å². The summed E-state index contributed by atoms with van der Waals surface area (Å²) in [6.07, 6.45) is 5.54. The van der Waals surface area contributed by atoms with Gasteiger partial charge in [0.15, 0.2) is 0 Å². The fourth-order valence-electron chi connectivity index (χ4n) is 1.65. The van der Waals surface area contributed by atoms with E-state index in [0.29, 0.717) is 18.8 Å². The topological polar surface area (TPSA) is 57.2 Å². The Morgan fingerprint density at radius 1 is 1.38 bits per heavy atom. The molecular formula is C12H18N2O2. The van der Waals surface area contributed by atoms with Crippen molar-refractivity contribution < 1.29 is 4.74 Å². The van der Waals surface area contributed by atoms with Gasteiger partial charge in [0.2, 0.25) is 0 Å². The molecule has 2 rings (SSSR count). The van der Waals surface area contributed by atoms with E-state index in [2.05, 4.69) is 0 Å². The van der Waals surface area contributed by atoms with Gasteiger partial charge in [-0.15, -0.1) is 0 Å². The van der Waals surface area contributed by atoms with Gasteiger partial charge in [-0.05, 0) is 18.4 Å². The summed E-state index contributed by atoms with van der Waals surface area (Å²) in [7, 11) is 0. The summed E-state index contributed by atoms with van der Waals surface area (Å²) >= 11 is 0. The monoisotopic (exact) mass is 222 g/mol. The number of ether oxygens (including phenoxy) is 1. The first-order valence-corrected chi connectivity index (χ1v) is 5.79. The van der Waals surface area contributed by atoms with E-state index in [1.165, 1.54) is 18.9 Å². The molecule has 1 aromatic heterocycles. The molecule has 16 heavy (non-hydrogen) atoms. The largest absolute Gasteiger partial charge is 0.398 e. The minimum Gasteiger partial charge on any atom is -0.398 e. The molecule has 1 saturated carbocycles. The van der Waals surface area contributed by atoms with Gasteiger partial charge in [-0.25, -0.2) is 0 Å². The summed E-state index contributed by atoms with van der Waals surface area (Å²) in [5.41, 5.74) is 6.19. The maximum Gasteiger partial charge on any atom is 0.250 e. The summed E-state index contributed by atoms with van der Waals surface area (Å²) in [5, 5.41) is 0. The molecule has 0 atom stereocenters. The van der Waals surface area contributed by atoms with Gasteiger partial charge < -0.3 is 15.0 Å². The standard InChI is InChI=1S/C12H18N2O2/c13-11-3-4-12(15)14(9-11)6-8-16-7-5-10-1-2-10/h3-4,9-10H,1-2,5-8,13H2. The number of pyridine rings is 1. The molecular weight excluding hydrogens is 204 g/mol. The Labute approximate surface area is 95.0 Å². The van der Waals surface area contributed by atoms with Crippen LogP contribution in [0.1, 0.15) is 19.3 Å². The first-order chi connectivity index (χ1) is 7.75. The lowest BCUT2D eigenvalue weighted by Crippen LogP contribution is -2.21. The van der Waals surface area contributed by atoms with Gasteiger partial charge in [0.25, 0.3) is 5.56 Å². The maximum absolute atomic E-state index is 11.4. The van der Waals surface area contributed by atoms with Crippen molar-refractivity contribution in [3.05, 3.63) is 28.7 Å². The van der Waals surface area contributed by atoms with Crippen LogP contribution in [0.2, 0.25) is 0 Å². The van der Waals surface area contributed by atoms with Crippen LogP contribution in [0.3, 0.4) is 0 Å². The second-order valence-electron chi connectivity index (χ2n) is 4.34. The second kappa shape index (κ2) is 5.16. The average Bonchev–Trinajstić information content (AvgIpc) is 3.06. The molecule has 4 nitrogen and oxygen atoms in total. The van der Waals surface area contributed by atoms with Crippen molar-refractivity contribution in [2.75, 3.05) is 18.9 Å². The predicted molar refractivity (Wildman–Crippen MR) is 63.3 cm³/mol. The Hall–Kier alpha value is -1.29. The predicted octanol–water partition coefficient (Wildman–Crippen LogP) is 1.25. The number of nitrogen functional groups attached to an aromatic ring is 1. The van der Waals surface area contributed by atoms with Crippen LogP contribution in [0.25, 0.3) is 0 Å². The number of hydrogen-bond donors (Lipinski definition) is 1. The molecule has 2 N–H and O–H groups in total. The van der Waals surface area contributed by atoms with E-state index in [0.717, 1.165) is 18.9 Å². The van der Waals surface area contributed by atoms with Crippen molar-refractivity contribution in [3.8, 4) is 0 Å². The molecule has 0 bridgehead atoms. The van der Waals surface area contributed by atoms with Crippen LogP contribution in [0.4, 0.5) is 5.69 Å². The van der Waals surface area contributed by atoms with Gasteiger partial charge in [-0.1, -0.05) is 12.8 Å². The third-order valence-corrected chi connectivity index (χ3v) is 2.85. The Morgan fingerprint density at radius 2 is 2.19 bits per heavy atom. The third kappa shape index (κ3) is 3.38. The van der Waals surface area contributed by atoms with Crippen molar-refractivity contribution in [1.82, 2.24) is 4.57 Å². The molecule has 0 spiro atoms. The highest BCUT2D eigenvalue weighted by Crippen LogP contribution is 2.31. The summed E-state index contributed by atoms with van der Waals surface area (Å²) in [6, 6.07) is 3.10. The van der Waals surface area contributed by atoms with Crippen molar-refractivity contribution in [2.24, 2.45) is 5.92 Å². The minimum absolute atomic E-state index is 0.0278. The van der Waals surface area contributed by atoms with Crippen LogP contribution >= 0.6 is 0 Å². The average molecular weight is 222 g/mol. The molecule has 1 aliphatic carbocycles. The summed E-state index contributed by atoms with van der Waals surface area (Å²) in [4.78, 5) is 11.4. The summed E-state index contributed by atoms with van der Waals surface area (Å²) in [5.74, 6) is 0.898. The highest BCUT2D eigenvalue weighted by atomic mass is 16.5. The van der Waals surface area contributed by atoms with Crippen LogP contribution in [0.5, 0.6) is 0 Å². The van der Waals surface area contributed by atoms with E-state index in [4.69, 9.17) is 10.5 Å². The number of aromatic nitrogens is 1. The smallest absolute Gasteiger partial charge is 0.250 e. The van der Waals surface area contributed by atoms with E-state index in [1.54, 1.807) is 16.8 Å². The SMILES string of the molecule is Nc1ccc(=O)n(CCOCCC2CC2)c1. The lowest BCUT2D eigenvalue weighted by Gasteiger charge is -2.07. The number of anilines is 1. The molecule has 1 aromatic rings. The highest BCUT2D eigenvalue weighted by molar-refractivity contribution is 5.33. The van der Waals surface area contributed by atoms with E-state index in [-0.39, 0.29) is 5.56 Å². The Bertz CT molecular complexity index is 396. The molecule has 1 aliphatic rings. The first-order valence-electron chi connectivity index (χ1n) is 5.79. The van der Waals surface area contributed by atoms with E-state index in [9.17, 15) is 4.79 Å². The van der Waals surface area contributed by atoms with Gasteiger partial charge in [0, 0.05) is 31.1 Å². The number of nitrogens with zero attached hydrogens (tertiary/aromatic N) is 1. The molecule has 0 radical (unpaired) electrons. The van der Waals surface area contributed by atoms with Crippen molar-refractivity contribution in [1.29, 1.82) is 0 Å².